The van der Waals surface area contributed by atoms with Gasteiger partial charge in [0, 0.05) is 38.8 Å². The van der Waals surface area contributed by atoms with Gasteiger partial charge in [-0.05, 0) is 24.0 Å². The van der Waals surface area contributed by atoms with Gasteiger partial charge in [-0.3, -0.25) is 4.79 Å². The average molecular weight is 385 g/mol. The van der Waals surface area contributed by atoms with Gasteiger partial charge in [-0.1, -0.05) is 12.1 Å². The highest BCUT2D eigenvalue weighted by atomic mass is 35.5. The smallest absolute Gasteiger partial charge is 0.285 e. The number of nitrogens with zero attached hydrogens (tertiary/aromatic N) is 3. The lowest BCUT2D eigenvalue weighted by atomic mass is 10.0. The Hall–Kier alpha value is -1.64. The first-order valence-electron chi connectivity index (χ1n) is 8.10. The maximum atomic E-state index is 12.6. The van der Waals surface area contributed by atoms with Crippen LogP contribution in [0.4, 0.5) is 0 Å². The van der Waals surface area contributed by atoms with Crippen LogP contribution in [0, 0.1) is 11.8 Å². The Labute approximate surface area is 153 Å². The third kappa shape index (κ3) is 3.14. The number of amidine groups is 1. The van der Waals surface area contributed by atoms with Gasteiger partial charge in [-0.25, -0.2) is 0 Å². The fraction of sp³-hybridized carbons (Fsp3) is 0.500. The minimum Gasteiger partial charge on any atom is -0.349 e. The normalized spacial score (nSPS) is 25.8. The van der Waals surface area contributed by atoms with Gasteiger partial charge in [0.15, 0.2) is 5.84 Å². The molecule has 0 radical (unpaired) electrons. The van der Waals surface area contributed by atoms with Crippen LogP contribution in [-0.2, 0) is 14.8 Å². The summed E-state index contributed by atoms with van der Waals surface area (Å²) in [6, 6.07) is 6.73. The number of hydrogen-bond donors (Lipinski definition) is 1. The van der Waals surface area contributed by atoms with Gasteiger partial charge in [0.2, 0.25) is 5.91 Å². The van der Waals surface area contributed by atoms with E-state index in [4.69, 9.17) is 0 Å². The first-order chi connectivity index (χ1) is 11.5. The minimum atomic E-state index is -3.65. The number of hydrogen-bond acceptors (Lipinski definition) is 5. The first-order valence-corrected chi connectivity index (χ1v) is 9.54. The average Bonchev–Trinajstić information content (AvgIpc) is 3.20. The van der Waals surface area contributed by atoms with Gasteiger partial charge >= 0.3 is 0 Å². The molecule has 0 bridgehead atoms. The lowest BCUT2D eigenvalue weighted by molar-refractivity contribution is -0.130. The topological polar surface area (TPSA) is 82.1 Å². The number of sulfonamides is 1. The summed E-state index contributed by atoms with van der Waals surface area (Å²) in [4.78, 5) is 16.3. The molecule has 2 saturated heterocycles. The van der Waals surface area contributed by atoms with Gasteiger partial charge in [0.05, 0.1) is 6.54 Å². The Morgan fingerprint density at radius 1 is 1.28 bits per heavy atom. The van der Waals surface area contributed by atoms with Crippen molar-refractivity contribution in [3.8, 4) is 0 Å². The Morgan fingerprint density at radius 2 is 1.92 bits per heavy atom. The Bertz CT molecular complexity index is 814. The summed E-state index contributed by atoms with van der Waals surface area (Å²) >= 11 is 0. The van der Waals surface area contributed by atoms with E-state index in [1.165, 1.54) is 0 Å². The predicted molar refractivity (Wildman–Crippen MR) is 96.5 cm³/mol. The molecule has 1 aromatic rings. The molecule has 4 rings (SSSR count). The summed E-state index contributed by atoms with van der Waals surface area (Å²) in [6.45, 7) is 3.65. The molecular weight excluding hydrogens is 364 g/mol. The van der Waals surface area contributed by atoms with E-state index in [9.17, 15) is 13.2 Å². The fourth-order valence-corrected chi connectivity index (χ4v) is 5.05. The molecule has 0 saturated carbocycles. The van der Waals surface area contributed by atoms with Crippen molar-refractivity contribution in [3.63, 3.8) is 0 Å². The van der Waals surface area contributed by atoms with Crippen LogP contribution < -0.4 is 5.32 Å². The minimum absolute atomic E-state index is 0. The molecule has 9 heteroatoms. The second-order valence-electron chi connectivity index (χ2n) is 6.72. The molecule has 3 heterocycles. The summed E-state index contributed by atoms with van der Waals surface area (Å²) < 4.78 is 28.1. The summed E-state index contributed by atoms with van der Waals surface area (Å²) in [5, 5.41) is 3.36. The molecule has 0 unspecified atom stereocenters. The molecule has 1 amide bonds. The van der Waals surface area contributed by atoms with E-state index in [0.717, 1.165) is 26.2 Å². The number of likely N-dealkylation sites (tertiary alicyclic amines) is 1. The van der Waals surface area contributed by atoms with E-state index in [1.54, 1.807) is 36.2 Å². The van der Waals surface area contributed by atoms with E-state index in [2.05, 4.69) is 9.71 Å². The molecule has 3 aliphatic rings. The van der Waals surface area contributed by atoms with Crippen LogP contribution >= 0.6 is 12.4 Å². The third-order valence-electron chi connectivity index (χ3n) is 5.09. The molecule has 0 aliphatic carbocycles. The predicted octanol–water partition coefficient (Wildman–Crippen LogP) is 0.167. The Kier molecular flexibility index (Phi) is 4.78. The van der Waals surface area contributed by atoms with Crippen LogP contribution in [0.15, 0.2) is 33.6 Å². The van der Waals surface area contributed by atoms with E-state index in [0.29, 0.717) is 23.2 Å². The highest BCUT2D eigenvalue weighted by molar-refractivity contribution is 7.90. The summed E-state index contributed by atoms with van der Waals surface area (Å²) in [7, 11) is -1.94. The monoisotopic (exact) mass is 384 g/mol. The van der Waals surface area contributed by atoms with Crippen molar-refractivity contribution in [1.82, 2.24) is 15.1 Å². The maximum absolute atomic E-state index is 12.6. The second-order valence-corrected chi connectivity index (χ2v) is 8.29. The zero-order valence-electron chi connectivity index (χ0n) is 13.9. The van der Waals surface area contributed by atoms with Crippen molar-refractivity contribution in [3.05, 3.63) is 29.8 Å². The van der Waals surface area contributed by atoms with Crippen molar-refractivity contribution in [2.75, 3.05) is 39.8 Å². The quantitative estimate of drug-likeness (QED) is 0.785. The molecule has 2 fully saturated rings. The summed E-state index contributed by atoms with van der Waals surface area (Å²) in [6.07, 6.45) is 0. The number of likely N-dealkylation sites (N-methyl/N-ethyl adjacent to an activating group) is 1. The van der Waals surface area contributed by atoms with Crippen molar-refractivity contribution in [1.29, 1.82) is 0 Å². The highest BCUT2D eigenvalue weighted by Gasteiger charge is 2.38. The summed E-state index contributed by atoms with van der Waals surface area (Å²) in [5.41, 5.74) is 0.565. The second kappa shape index (κ2) is 6.59. The van der Waals surface area contributed by atoms with Gasteiger partial charge in [0.25, 0.3) is 10.0 Å². The molecule has 0 spiro atoms. The van der Waals surface area contributed by atoms with Gasteiger partial charge < -0.3 is 15.1 Å². The largest absolute Gasteiger partial charge is 0.349 e. The van der Waals surface area contributed by atoms with E-state index in [-0.39, 0.29) is 29.8 Å². The molecule has 7 nitrogen and oxygen atoms in total. The molecule has 1 N–H and O–H groups in total. The number of nitrogens with one attached hydrogen (secondary N) is 1. The van der Waals surface area contributed by atoms with Crippen LogP contribution in [-0.4, -0.2) is 69.7 Å². The van der Waals surface area contributed by atoms with E-state index >= 15 is 0 Å². The lowest BCUT2D eigenvalue weighted by Gasteiger charge is -2.23. The molecule has 25 heavy (non-hydrogen) atoms. The van der Waals surface area contributed by atoms with Crippen molar-refractivity contribution < 1.29 is 13.2 Å². The maximum Gasteiger partial charge on any atom is 0.285 e. The Balaban J connectivity index is 0.00000182. The molecule has 1 aromatic carbocycles. The number of rotatable bonds is 2. The van der Waals surface area contributed by atoms with Crippen molar-refractivity contribution >= 4 is 34.2 Å². The first kappa shape index (κ1) is 18.2. The van der Waals surface area contributed by atoms with Gasteiger partial charge in [0.1, 0.15) is 4.90 Å². The lowest BCUT2D eigenvalue weighted by Crippen LogP contribution is -2.41. The number of amides is 1. The van der Waals surface area contributed by atoms with Crippen LogP contribution in [0.25, 0.3) is 0 Å². The molecule has 0 aromatic heterocycles. The molecular formula is C16H21ClN4O3S. The van der Waals surface area contributed by atoms with Crippen molar-refractivity contribution in [2.45, 2.75) is 4.90 Å². The molecule has 2 atom stereocenters. The molecule has 136 valence electrons. The summed E-state index contributed by atoms with van der Waals surface area (Å²) in [5.74, 6) is 1.46. The number of fused-ring (bicyclic) bond motifs is 2. The third-order valence-corrected chi connectivity index (χ3v) is 6.41. The van der Waals surface area contributed by atoms with Gasteiger partial charge in [-0.15, -0.1) is 16.8 Å². The van der Waals surface area contributed by atoms with E-state index < -0.39 is 10.0 Å². The fourth-order valence-electron chi connectivity index (χ4n) is 3.80. The van der Waals surface area contributed by atoms with Crippen molar-refractivity contribution in [2.24, 2.45) is 16.2 Å². The van der Waals surface area contributed by atoms with Crippen LogP contribution in [0.1, 0.15) is 5.56 Å². The van der Waals surface area contributed by atoms with Crippen LogP contribution in [0.2, 0.25) is 0 Å². The van der Waals surface area contributed by atoms with Crippen LogP contribution in [0.3, 0.4) is 0 Å². The number of benzene rings is 1. The van der Waals surface area contributed by atoms with E-state index in [1.807, 2.05) is 4.90 Å². The Morgan fingerprint density at radius 3 is 2.60 bits per heavy atom. The van der Waals surface area contributed by atoms with Crippen LogP contribution in [0.5, 0.6) is 0 Å². The number of carbonyl (C=O) groups excluding carboxylic acids is 1. The zero-order valence-corrected chi connectivity index (χ0v) is 15.5. The SMILES string of the molecule is CN(CC(=O)N1C[C@H]2CNC[C@H]2C1)C1=NS(=O)(=O)c2ccccc21.Cl. The zero-order chi connectivity index (χ0) is 16.9. The standard InChI is InChI=1S/C16H20N4O3S.ClH/c1-19(10-15(21)20-8-11-6-17-7-12(11)9-20)16-13-4-2-3-5-14(13)24(22,23)18-16;/h2-5,11-12,17H,6-10H2,1H3;1H/t11-,12+;. The molecule has 3 aliphatic heterocycles. The van der Waals surface area contributed by atoms with Gasteiger partial charge in [-0.2, -0.15) is 8.42 Å². The number of carbonyl (C=O) groups is 1. The number of halogens is 1. The highest BCUT2D eigenvalue weighted by Crippen LogP contribution is 2.28.